The van der Waals surface area contributed by atoms with Gasteiger partial charge in [0.15, 0.2) is 0 Å². The summed E-state index contributed by atoms with van der Waals surface area (Å²) in [6.07, 6.45) is 2.83. The maximum atomic E-state index is 4.76. The first kappa shape index (κ1) is 26.4. The Kier molecular flexibility index (Phi) is 6.24. The zero-order valence-electron chi connectivity index (χ0n) is 25.3. The van der Waals surface area contributed by atoms with Crippen LogP contribution in [0, 0.1) is 0 Å². The lowest BCUT2D eigenvalue weighted by Crippen LogP contribution is -2.10. The van der Waals surface area contributed by atoms with Crippen LogP contribution in [0.15, 0.2) is 170 Å². The van der Waals surface area contributed by atoms with Crippen molar-refractivity contribution < 1.29 is 0 Å². The van der Waals surface area contributed by atoms with Crippen molar-refractivity contribution in [3.8, 4) is 33.5 Å². The molecule has 1 aliphatic carbocycles. The second-order valence-electron chi connectivity index (χ2n) is 12.1. The van der Waals surface area contributed by atoms with Gasteiger partial charge in [-0.3, -0.25) is 4.98 Å². The average molecular weight is 587 g/mol. The van der Waals surface area contributed by atoms with E-state index in [1.165, 1.54) is 60.5 Å². The molecule has 8 aromatic rings. The highest BCUT2D eigenvalue weighted by Gasteiger charge is 2.22. The van der Waals surface area contributed by atoms with Gasteiger partial charge in [-0.15, -0.1) is 0 Å². The lowest BCUT2D eigenvalue weighted by atomic mass is 10.00. The molecule has 216 valence electrons. The van der Waals surface area contributed by atoms with Gasteiger partial charge >= 0.3 is 0 Å². The summed E-state index contributed by atoms with van der Waals surface area (Å²) in [5.41, 5.74) is 13.1. The summed E-state index contributed by atoms with van der Waals surface area (Å²) in [6.45, 7) is 0. The third-order valence-electron chi connectivity index (χ3n) is 9.30. The van der Waals surface area contributed by atoms with Gasteiger partial charge in [-0.1, -0.05) is 109 Å². The minimum atomic E-state index is 0.930. The molecule has 0 spiro atoms. The molecule has 0 amide bonds. The molecule has 0 atom stereocenters. The van der Waals surface area contributed by atoms with Gasteiger partial charge in [0.25, 0.3) is 0 Å². The molecule has 1 heterocycles. The van der Waals surface area contributed by atoms with Gasteiger partial charge in [0.1, 0.15) is 0 Å². The Morgan fingerprint density at radius 1 is 0.391 bits per heavy atom. The molecule has 9 rings (SSSR count). The van der Waals surface area contributed by atoms with Crippen molar-refractivity contribution >= 4 is 38.6 Å². The number of hydrogen-bond acceptors (Lipinski definition) is 2. The second-order valence-corrected chi connectivity index (χ2v) is 12.1. The Balaban J connectivity index is 1.12. The summed E-state index contributed by atoms with van der Waals surface area (Å²) in [5, 5.41) is 5.02. The molecular formula is C44H30N2. The summed E-state index contributed by atoms with van der Waals surface area (Å²) in [5.74, 6) is 0. The molecule has 0 saturated carbocycles. The van der Waals surface area contributed by atoms with E-state index in [2.05, 4.69) is 163 Å². The third kappa shape index (κ3) is 4.63. The molecule has 0 aliphatic heterocycles. The smallest absolute Gasteiger partial charge is 0.0740 e. The zero-order chi connectivity index (χ0) is 30.5. The van der Waals surface area contributed by atoms with Gasteiger partial charge in [0.05, 0.1) is 5.69 Å². The van der Waals surface area contributed by atoms with E-state index in [1.54, 1.807) is 0 Å². The molecule has 0 saturated heterocycles. The topological polar surface area (TPSA) is 16.1 Å². The van der Waals surface area contributed by atoms with Crippen molar-refractivity contribution in [1.29, 1.82) is 0 Å². The van der Waals surface area contributed by atoms with E-state index in [1.807, 2.05) is 12.3 Å². The van der Waals surface area contributed by atoms with Gasteiger partial charge in [0.2, 0.25) is 0 Å². The quantitative estimate of drug-likeness (QED) is 0.199. The highest BCUT2D eigenvalue weighted by Crippen LogP contribution is 2.42. The van der Waals surface area contributed by atoms with Crippen LogP contribution in [0.2, 0.25) is 0 Å². The minimum absolute atomic E-state index is 0.930. The third-order valence-corrected chi connectivity index (χ3v) is 9.30. The molecule has 2 nitrogen and oxygen atoms in total. The molecule has 1 aliphatic rings. The van der Waals surface area contributed by atoms with Crippen LogP contribution in [0.4, 0.5) is 17.1 Å². The van der Waals surface area contributed by atoms with Crippen LogP contribution < -0.4 is 4.90 Å². The second kappa shape index (κ2) is 10.9. The van der Waals surface area contributed by atoms with E-state index in [0.717, 1.165) is 29.2 Å². The summed E-state index contributed by atoms with van der Waals surface area (Å²) in [6, 6.07) is 59.4. The lowest BCUT2D eigenvalue weighted by molar-refractivity contribution is 1.23. The normalized spacial score (nSPS) is 11.8. The van der Waals surface area contributed by atoms with Gasteiger partial charge in [0, 0.05) is 35.2 Å². The summed E-state index contributed by atoms with van der Waals surface area (Å²) < 4.78 is 0. The number of rotatable bonds is 5. The van der Waals surface area contributed by atoms with Crippen molar-refractivity contribution in [2.75, 3.05) is 4.90 Å². The SMILES string of the molecule is c1cnc2c(c1)Cc1ccc(N(c3ccc(-c4ccc5ccccc5c4)cc3)c3ccc(-c4ccc5ccccc5c4)cc3)cc1-2. The number of nitrogens with zero attached hydrogens (tertiary/aromatic N) is 2. The Morgan fingerprint density at radius 2 is 0.913 bits per heavy atom. The molecule has 0 N–H and O–H groups in total. The van der Waals surface area contributed by atoms with Crippen LogP contribution in [0.5, 0.6) is 0 Å². The van der Waals surface area contributed by atoms with Gasteiger partial charge in [-0.25, -0.2) is 0 Å². The van der Waals surface area contributed by atoms with Gasteiger partial charge < -0.3 is 4.90 Å². The van der Waals surface area contributed by atoms with E-state index in [0.29, 0.717) is 0 Å². The van der Waals surface area contributed by atoms with E-state index in [-0.39, 0.29) is 0 Å². The first-order valence-corrected chi connectivity index (χ1v) is 15.8. The molecule has 46 heavy (non-hydrogen) atoms. The standard InChI is InChI=1S/C44H30N2/c1-3-8-34-26-36(13-11-30(34)6-1)32-15-20-40(21-16-32)46(42-24-19-38-28-39-10-5-25-45-44(39)43(38)29-42)41-22-17-33(18-23-41)37-14-12-31-7-2-4-9-35(31)27-37/h1-27,29H,28H2. The first-order chi connectivity index (χ1) is 22.8. The number of anilines is 3. The number of aromatic nitrogens is 1. The fraction of sp³-hybridized carbons (Fsp3) is 0.0227. The van der Waals surface area contributed by atoms with Gasteiger partial charge in [-0.2, -0.15) is 0 Å². The molecule has 0 bridgehead atoms. The van der Waals surface area contributed by atoms with E-state index < -0.39 is 0 Å². The highest BCUT2D eigenvalue weighted by atomic mass is 15.1. The fourth-order valence-corrected chi connectivity index (χ4v) is 6.90. The van der Waals surface area contributed by atoms with Crippen LogP contribution in [-0.4, -0.2) is 4.98 Å². The predicted octanol–water partition coefficient (Wildman–Crippen LogP) is 11.8. The molecule has 0 fully saturated rings. The van der Waals surface area contributed by atoms with Crippen molar-refractivity contribution in [3.63, 3.8) is 0 Å². The maximum Gasteiger partial charge on any atom is 0.0740 e. The molecule has 1 aromatic heterocycles. The minimum Gasteiger partial charge on any atom is -0.310 e. The van der Waals surface area contributed by atoms with Crippen LogP contribution in [0.25, 0.3) is 55.1 Å². The predicted molar refractivity (Wildman–Crippen MR) is 193 cm³/mol. The molecule has 0 unspecified atom stereocenters. The maximum absolute atomic E-state index is 4.76. The van der Waals surface area contributed by atoms with E-state index >= 15 is 0 Å². The van der Waals surface area contributed by atoms with E-state index in [9.17, 15) is 0 Å². The molecular weight excluding hydrogens is 556 g/mol. The lowest BCUT2D eigenvalue weighted by Gasteiger charge is -2.26. The molecule has 7 aromatic carbocycles. The molecule has 0 radical (unpaired) electrons. The number of hydrogen-bond donors (Lipinski definition) is 0. The van der Waals surface area contributed by atoms with Crippen molar-refractivity contribution in [3.05, 3.63) is 181 Å². The summed E-state index contributed by atoms with van der Waals surface area (Å²) in [7, 11) is 0. The van der Waals surface area contributed by atoms with Crippen molar-refractivity contribution in [2.45, 2.75) is 6.42 Å². The number of pyridine rings is 1. The number of benzene rings is 7. The van der Waals surface area contributed by atoms with Crippen LogP contribution in [-0.2, 0) is 6.42 Å². The van der Waals surface area contributed by atoms with Crippen molar-refractivity contribution in [1.82, 2.24) is 4.98 Å². The Hall–Kier alpha value is -5.99. The number of fused-ring (bicyclic) bond motifs is 5. The Morgan fingerprint density at radius 3 is 1.50 bits per heavy atom. The zero-order valence-corrected chi connectivity index (χ0v) is 25.3. The summed E-state index contributed by atoms with van der Waals surface area (Å²) >= 11 is 0. The average Bonchev–Trinajstić information content (AvgIpc) is 3.50. The van der Waals surface area contributed by atoms with E-state index in [4.69, 9.17) is 4.98 Å². The van der Waals surface area contributed by atoms with Crippen LogP contribution >= 0.6 is 0 Å². The Labute approximate surface area is 268 Å². The fourth-order valence-electron chi connectivity index (χ4n) is 6.90. The highest BCUT2D eigenvalue weighted by molar-refractivity contribution is 5.90. The largest absolute Gasteiger partial charge is 0.310 e. The van der Waals surface area contributed by atoms with Gasteiger partial charge in [-0.05, 0) is 110 Å². The van der Waals surface area contributed by atoms with Crippen LogP contribution in [0.3, 0.4) is 0 Å². The monoisotopic (exact) mass is 586 g/mol. The van der Waals surface area contributed by atoms with Crippen molar-refractivity contribution in [2.24, 2.45) is 0 Å². The first-order valence-electron chi connectivity index (χ1n) is 15.8. The van der Waals surface area contributed by atoms with Crippen LogP contribution in [0.1, 0.15) is 11.1 Å². The summed E-state index contributed by atoms with van der Waals surface area (Å²) in [4.78, 5) is 7.12. The molecule has 2 heteroatoms. The Bertz CT molecular complexity index is 2260.